The Labute approximate surface area is 138 Å². The van der Waals surface area contributed by atoms with Crippen LogP contribution in [0.25, 0.3) is 10.8 Å². The fraction of sp³-hybridized carbons (Fsp3) is 0.333. The number of esters is 1. The predicted molar refractivity (Wildman–Crippen MR) is 89.9 cm³/mol. The monoisotopic (exact) mass is 332 g/mol. The predicted octanol–water partition coefficient (Wildman–Crippen LogP) is 2.79. The number of phenolic OH excluding ortho intramolecular Hbond substituents is 2. The summed E-state index contributed by atoms with van der Waals surface area (Å²) in [6.07, 6.45) is 0. The highest BCUT2D eigenvalue weighted by atomic mass is 16.5. The van der Waals surface area contributed by atoms with E-state index in [0.29, 0.717) is 5.56 Å². The van der Waals surface area contributed by atoms with Crippen LogP contribution in [0.15, 0.2) is 23.0 Å². The van der Waals surface area contributed by atoms with Gasteiger partial charge in [-0.3, -0.25) is 4.79 Å². The second-order valence-corrected chi connectivity index (χ2v) is 6.51. The summed E-state index contributed by atoms with van der Waals surface area (Å²) in [5.41, 5.74) is -0.839. The normalized spacial score (nSPS) is 11.5. The highest BCUT2D eigenvalue weighted by Crippen LogP contribution is 2.39. The molecule has 0 unspecified atom stereocenters. The fourth-order valence-electron chi connectivity index (χ4n) is 2.54. The average molecular weight is 332 g/mol. The molecule has 0 aliphatic rings. The van der Waals surface area contributed by atoms with Crippen molar-refractivity contribution in [1.29, 1.82) is 0 Å². The van der Waals surface area contributed by atoms with Crippen LogP contribution in [0.2, 0.25) is 0 Å². The molecule has 6 heteroatoms. The zero-order valence-corrected chi connectivity index (χ0v) is 14.0. The van der Waals surface area contributed by atoms with Crippen LogP contribution in [0.5, 0.6) is 17.2 Å². The van der Waals surface area contributed by atoms with Gasteiger partial charge in [-0.25, -0.2) is 4.79 Å². The summed E-state index contributed by atoms with van der Waals surface area (Å²) in [4.78, 5) is 24.5. The molecule has 2 aromatic rings. The van der Waals surface area contributed by atoms with Crippen LogP contribution in [0.3, 0.4) is 0 Å². The summed E-state index contributed by atoms with van der Waals surface area (Å²) in [5.74, 6) is -2.51. The first-order valence-electron chi connectivity index (χ1n) is 7.51. The molecule has 0 spiro atoms. The highest BCUT2D eigenvalue weighted by molar-refractivity contribution is 5.99. The topological polar surface area (TPSA) is 104 Å². The minimum absolute atomic E-state index is 0.0166. The minimum atomic E-state index is -0.876. The maximum Gasteiger partial charge on any atom is 0.338 e. The van der Waals surface area contributed by atoms with Crippen LogP contribution in [-0.4, -0.2) is 27.9 Å². The summed E-state index contributed by atoms with van der Waals surface area (Å²) in [6.45, 7) is 7.36. The van der Waals surface area contributed by atoms with Gasteiger partial charge >= 0.3 is 5.97 Å². The van der Waals surface area contributed by atoms with Crippen LogP contribution < -0.4 is 5.43 Å². The van der Waals surface area contributed by atoms with Crippen LogP contribution in [0.1, 0.15) is 43.6 Å². The van der Waals surface area contributed by atoms with Gasteiger partial charge in [-0.15, -0.1) is 0 Å². The molecule has 0 saturated carbocycles. The van der Waals surface area contributed by atoms with Gasteiger partial charge in [-0.1, -0.05) is 20.8 Å². The van der Waals surface area contributed by atoms with Gasteiger partial charge in [0.05, 0.1) is 17.6 Å². The number of aromatic hydroxyl groups is 3. The number of carbonyl (C=O) groups is 1. The number of carbonyl (C=O) groups excluding carboxylic acids is 1. The van der Waals surface area contributed by atoms with E-state index in [4.69, 9.17) is 4.74 Å². The third-order valence-electron chi connectivity index (χ3n) is 3.69. The van der Waals surface area contributed by atoms with Crippen molar-refractivity contribution in [1.82, 2.24) is 0 Å². The summed E-state index contributed by atoms with van der Waals surface area (Å²) in [7, 11) is 0. The van der Waals surface area contributed by atoms with E-state index in [1.165, 1.54) is 12.1 Å². The lowest BCUT2D eigenvalue weighted by molar-refractivity contribution is 0.0526. The number of fused-ring (bicyclic) bond motifs is 1. The number of hydrogen-bond donors (Lipinski definition) is 3. The Bertz CT molecular complexity index is 877. The molecule has 0 radical (unpaired) electrons. The van der Waals surface area contributed by atoms with E-state index in [9.17, 15) is 24.9 Å². The van der Waals surface area contributed by atoms with Gasteiger partial charge in [-0.05, 0) is 41.5 Å². The lowest BCUT2D eigenvalue weighted by Gasteiger charge is -2.21. The molecule has 0 fully saturated rings. The molecule has 128 valence electrons. The van der Waals surface area contributed by atoms with Gasteiger partial charge in [0.2, 0.25) is 5.43 Å². The van der Waals surface area contributed by atoms with E-state index < -0.39 is 34.1 Å². The molecular formula is C18H20O6. The van der Waals surface area contributed by atoms with Gasteiger partial charge < -0.3 is 20.1 Å². The molecule has 0 atom stereocenters. The zero-order chi connectivity index (χ0) is 18.2. The Morgan fingerprint density at radius 3 is 2.25 bits per heavy atom. The van der Waals surface area contributed by atoms with Crippen LogP contribution in [-0.2, 0) is 10.2 Å². The highest BCUT2D eigenvalue weighted by Gasteiger charge is 2.24. The lowest BCUT2D eigenvalue weighted by atomic mass is 9.83. The van der Waals surface area contributed by atoms with Crippen molar-refractivity contribution in [3.05, 3.63) is 39.5 Å². The molecule has 2 rings (SSSR count). The largest absolute Gasteiger partial charge is 0.504 e. The van der Waals surface area contributed by atoms with Gasteiger partial charge in [0.1, 0.15) is 0 Å². The van der Waals surface area contributed by atoms with E-state index >= 15 is 0 Å². The Morgan fingerprint density at radius 2 is 1.71 bits per heavy atom. The number of ether oxygens (including phenoxy) is 1. The standard InChI is InChI=1S/C18H20O6/c1-5-24-17(23)9-6-10-11(18(2,3)4)8-13(20)16(22)14(10)15(21)12(19)7-9/h6-8,20,22H,5H2,1-4H3,(H,19,21). The Hall–Kier alpha value is -2.76. The minimum Gasteiger partial charge on any atom is -0.504 e. The molecule has 0 aliphatic heterocycles. The first-order valence-corrected chi connectivity index (χ1v) is 7.51. The smallest absolute Gasteiger partial charge is 0.338 e. The SMILES string of the molecule is CCOC(=O)c1cc(O)c(=O)c2c(O)c(O)cc(C(C)(C)C)c2c1. The van der Waals surface area contributed by atoms with E-state index in [0.717, 1.165) is 6.07 Å². The molecule has 0 amide bonds. The molecule has 0 saturated heterocycles. The molecule has 0 bridgehead atoms. The van der Waals surface area contributed by atoms with E-state index in [1.54, 1.807) is 6.92 Å². The van der Waals surface area contributed by atoms with Crippen molar-refractivity contribution < 1.29 is 24.9 Å². The van der Waals surface area contributed by atoms with Crippen molar-refractivity contribution >= 4 is 16.7 Å². The summed E-state index contributed by atoms with van der Waals surface area (Å²) >= 11 is 0. The number of benzene rings is 1. The molecule has 3 N–H and O–H groups in total. The molecule has 0 aromatic heterocycles. The summed E-state index contributed by atoms with van der Waals surface area (Å²) in [5, 5.41) is 30.1. The van der Waals surface area contributed by atoms with Crippen molar-refractivity contribution in [2.24, 2.45) is 0 Å². The Balaban J connectivity index is 3.07. The van der Waals surface area contributed by atoms with Gasteiger partial charge in [0.25, 0.3) is 0 Å². The van der Waals surface area contributed by atoms with Crippen molar-refractivity contribution in [3.8, 4) is 17.2 Å². The molecule has 24 heavy (non-hydrogen) atoms. The Morgan fingerprint density at radius 1 is 1.08 bits per heavy atom. The van der Waals surface area contributed by atoms with Crippen LogP contribution in [0, 0.1) is 0 Å². The third kappa shape index (κ3) is 2.99. The molecule has 2 aromatic carbocycles. The summed E-state index contributed by atoms with van der Waals surface area (Å²) < 4.78 is 4.93. The second-order valence-electron chi connectivity index (χ2n) is 6.51. The Kier molecular flexibility index (Phi) is 4.42. The average Bonchev–Trinajstić information content (AvgIpc) is 2.60. The summed E-state index contributed by atoms with van der Waals surface area (Å²) in [6, 6.07) is 3.74. The molecular weight excluding hydrogens is 312 g/mol. The first kappa shape index (κ1) is 17.6. The number of phenols is 2. The molecule has 6 nitrogen and oxygen atoms in total. The van der Waals surface area contributed by atoms with Crippen LogP contribution >= 0.6 is 0 Å². The number of rotatable bonds is 2. The lowest BCUT2D eigenvalue weighted by Crippen LogP contribution is -2.13. The van der Waals surface area contributed by atoms with Gasteiger partial charge in [-0.2, -0.15) is 0 Å². The maximum atomic E-state index is 12.4. The van der Waals surface area contributed by atoms with Gasteiger partial charge in [0, 0.05) is 0 Å². The fourth-order valence-corrected chi connectivity index (χ4v) is 2.54. The second kappa shape index (κ2) is 6.03. The maximum absolute atomic E-state index is 12.4. The van der Waals surface area contributed by atoms with Crippen LogP contribution in [0.4, 0.5) is 0 Å². The molecule has 0 heterocycles. The van der Waals surface area contributed by atoms with E-state index in [1.807, 2.05) is 20.8 Å². The van der Waals surface area contributed by atoms with Crippen molar-refractivity contribution in [2.75, 3.05) is 6.61 Å². The molecule has 0 aliphatic carbocycles. The third-order valence-corrected chi connectivity index (χ3v) is 3.69. The van der Waals surface area contributed by atoms with E-state index in [2.05, 4.69) is 0 Å². The quantitative estimate of drug-likeness (QED) is 0.577. The first-order chi connectivity index (χ1) is 11.1. The van der Waals surface area contributed by atoms with Gasteiger partial charge in [0.15, 0.2) is 17.2 Å². The van der Waals surface area contributed by atoms with E-state index in [-0.39, 0.29) is 22.9 Å². The van der Waals surface area contributed by atoms with Crippen molar-refractivity contribution in [2.45, 2.75) is 33.1 Å². The number of hydrogen-bond acceptors (Lipinski definition) is 6. The van der Waals surface area contributed by atoms with Crippen molar-refractivity contribution in [3.63, 3.8) is 0 Å². The zero-order valence-electron chi connectivity index (χ0n) is 14.0.